The molecule has 1 heterocycles. The van der Waals surface area contributed by atoms with E-state index in [1.54, 1.807) is 13.8 Å². The summed E-state index contributed by atoms with van der Waals surface area (Å²) in [6.45, 7) is 5.82. The highest BCUT2D eigenvalue weighted by atomic mass is 19.4. The zero-order valence-electron chi connectivity index (χ0n) is 15.5. The van der Waals surface area contributed by atoms with Crippen molar-refractivity contribution in [2.45, 2.75) is 70.6 Å². The number of halogens is 3. The monoisotopic (exact) mass is 372 g/mol. The molecule has 1 atom stereocenters. The molecule has 2 rings (SSSR count). The van der Waals surface area contributed by atoms with Gasteiger partial charge in [-0.15, -0.1) is 0 Å². The minimum atomic E-state index is -4.38. The number of ether oxygens (including phenoxy) is 1. The zero-order valence-corrected chi connectivity index (χ0v) is 15.5. The van der Waals surface area contributed by atoms with Gasteiger partial charge in [-0.2, -0.15) is 13.2 Å². The van der Waals surface area contributed by atoms with Crippen LogP contribution >= 0.6 is 0 Å². The summed E-state index contributed by atoms with van der Waals surface area (Å²) in [6.07, 6.45) is -2.54. The van der Waals surface area contributed by atoms with Crippen LogP contribution < -0.4 is 10.2 Å². The molecule has 7 heteroatoms. The fourth-order valence-electron chi connectivity index (χ4n) is 3.33. The summed E-state index contributed by atoms with van der Waals surface area (Å²) in [4.78, 5) is 11.6. The average Bonchev–Trinajstić information content (AvgIpc) is 2.80. The predicted molar refractivity (Wildman–Crippen MR) is 93.7 cm³/mol. The molecule has 0 saturated carbocycles. The van der Waals surface area contributed by atoms with E-state index in [1.807, 2.05) is 31.2 Å². The highest BCUT2D eigenvalue weighted by Gasteiger charge is 2.51. The van der Waals surface area contributed by atoms with Crippen molar-refractivity contribution in [2.24, 2.45) is 0 Å². The first-order chi connectivity index (χ1) is 12.1. The van der Waals surface area contributed by atoms with Gasteiger partial charge in [-0.25, -0.2) is 5.01 Å². The first-order valence-electron chi connectivity index (χ1n) is 9.01. The quantitative estimate of drug-likeness (QED) is 0.694. The molecule has 0 spiro atoms. The van der Waals surface area contributed by atoms with Gasteiger partial charge in [-0.3, -0.25) is 10.2 Å². The van der Waals surface area contributed by atoms with Gasteiger partial charge in [-0.1, -0.05) is 18.6 Å². The lowest BCUT2D eigenvalue weighted by atomic mass is 9.97. The summed E-state index contributed by atoms with van der Waals surface area (Å²) in [7, 11) is 0. The van der Waals surface area contributed by atoms with E-state index in [9.17, 15) is 18.0 Å². The number of alkyl halides is 3. The summed E-state index contributed by atoms with van der Waals surface area (Å²) >= 11 is 0. The Labute approximate surface area is 152 Å². The largest absolute Gasteiger partial charge is 0.494 e. The van der Waals surface area contributed by atoms with Crippen molar-refractivity contribution in [3.05, 3.63) is 29.8 Å². The van der Waals surface area contributed by atoms with Crippen LogP contribution in [-0.4, -0.2) is 35.3 Å². The first kappa shape index (κ1) is 20.6. The molecule has 1 aliphatic heterocycles. The lowest BCUT2D eigenvalue weighted by Gasteiger charge is -2.37. The van der Waals surface area contributed by atoms with Crippen molar-refractivity contribution in [1.82, 2.24) is 10.4 Å². The molecule has 0 aliphatic carbocycles. The third kappa shape index (κ3) is 5.37. The van der Waals surface area contributed by atoms with Gasteiger partial charge in [-0.05, 0) is 57.7 Å². The second-order valence-electron chi connectivity index (χ2n) is 7.27. The Morgan fingerprint density at radius 2 is 1.88 bits per heavy atom. The lowest BCUT2D eigenvalue weighted by molar-refractivity contribution is -0.202. The Balaban J connectivity index is 1.89. The molecule has 0 bridgehead atoms. The Hall–Kier alpha value is -1.76. The first-order valence-corrected chi connectivity index (χ1v) is 9.01. The van der Waals surface area contributed by atoms with E-state index < -0.39 is 17.8 Å². The maximum atomic E-state index is 13.5. The number of nitrogens with one attached hydrogen (secondary N) is 1. The zero-order chi connectivity index (χ0) is 19.4. The molecular formula is C19H27F3N2O2. The van der Waals surface area contributed by atoms with Gasteiger partial charge in [0.15, 0.2) is 0 Å². The van der Waals surface area contributed by atoms with Gasteiger partial charge in [0.25, 0.3) is 0 Å². The van der Waals surface area contributed by atoms with Crippen molar-refractivity contribution in [2.75, 3.05) is 6.61 Å². The molecule has 26 heavy (non-hydrogen) atoms. The Kier molecular flexibility index (Phi) is 6.55. The minimum Gasteiger partial charge on any atom is -0.494 e. The molecule has 1 amide bonds. The van der Waals surface area contributed by atoms with Crippen LogP contribution in [0.4, 0.5) is 13.2 Å². The number of nitrogens with zero attached hydrogens (tertiary/aromatic N) is 1. The Bertz CT molecular complexity index is 600. The van der Waals surface area contributed by atoms with Crippen molar-refractivity contribution >= 4 is 5.91 Å². The Morgan fingerprint density at radius 1 is 1.23 bits per heavy atom. The maximum absolute atomic E-state index is 13.5. The van der Waals surface area contributed by atoms with Crippen molar-refractivity contribution in [3.8, 4) is 5.75 Å². The van der Waals surface area contributed by atoms with Crippen LogP contribution in [0.1, 0.15) is 52.0 Å². The third-order valence-corrected chi connectivity index (χ3v) is 4.61. The number of hydrazine groups is 1. The van der Waals surface area contributed by atoms with Gasteiger partial charge in [0.1, 0.15) is 11.8 Å². The maximum Gasteiger partial charge on any atom is 0.405 e. The van der Waals surface area contributed by atoms with Crippen LogP contribution in [0.5, 0.6) is 5.75 Å². The van der Waals surface area contributed by atoms with E-state index in [-0.39, 0.29) is 18.7 Å². The van der Waals surface area contributed by atoms with Crippen LogP contribution in [0, 0.1) is 0 Å². The number of hydrogen-bond acceptors (Lipinski definition) is 3. The summed E-state index contributed by atoms with van der Waals surface area (Å²) in [6, 6.07) is 5.97. The summed E-state index contributed by atoms with van der Waals surface area (Å²) in [5.74, 6) is 0.430. The third-order valence-electron chi connectivity index (χ3n) is 4.61. The summed E-state index contributed by atoms with van der Waals surface area (Å²) in [5.41, 5.74) is 2.62. The number of carbonyl (C=O) groups is 1. The van der Waals surface area contributed by atoms with E-state index in [0.29, 0.717) is 25.9 Å². The standard InChI is InChI=1S/C19H27F3N2O2/c1-4-26-15-11-9-14(10-12-15)7-5-6-8-16(19(20,21)22)24-18(2,3)13-17(25)23-24/h9-12,16H,4-8,13H2,1-3H3,(H,23,25). The fraction of sp³-hybridized carbons (Fsp3) is 0.632. The normalized spacial score (nSPS) is 18.6. The van der Waals surface area contributed by atoms with E-state index in [0.717, 1.165) is 16.3 Å². The molecule has 1 unspecified atom stereocenters. The molecule has 0 aromatic heterocycles. The smallest absolute Gasteiger partial charge is 0.405 e. The molecular weight excluding hydrogens is 345 g/mol. The second kappa shape index (κ2) is 8.29. The lowest BCUT2D eigenvalue weighted by Crippen LogP contribution is -2.56. The van der Waals surface area contributed by atoms with E-state index in [1.165, 1.54) is 0 Å². The van der Waals surface area contributed by atoms with Crippen molar-refractivity contribution in [1.29, 1.82) is 0 Å². The van der Waals surface area contributed by atoms with Gasteiger partial charge in [0.2, 0.25) is 5.91 Å². The second-order valence-corrected chi connectivity index (χ2v) is 7.27. The highest BCUT2D eigenvalue weighted by Crippen LogP contribution is 2.35. The molecule has 1 fully saturated rings. The highest BCUT2D eigenvalue weighted by molar-refractivity contribution is 5.78. The number of hydrogen-bond donors (Lipinski definition) is 1. The van der Waals surface area contributed by atoms with Gasteiger partial charge < -0.3 is 4.74 Å². The number of rotatable bonds is 8. The molecule has 1 aromatic carbocycles. The topological polar surface area (TPSA) is 41.6 Å². The molecule has 4 nitrogen and oxygen atoms in total. The van der Waals surface area contributed by atoms with Gasteiger partial charge in [0.05, 0.1) is 6.61 Å². The van der Waals surface area contributed by atoms with E-state index in [4.69, 9.17) is 4.74 Å². The molecule has 0 radical (unpaired) electrons. The fourth-order valence-corrected chi connectivity index (χ4v) is 3.33. The van der Waals surface area contributed by atoms with E-state index in [2.05, 4.69) is 5.43 Å². The molecule has 1 N–H and O–H groups in total. The number of carbonyl (C=O) groups excluding carboxylic acids is 1. The van der Waals surface area contributed by atoms with Gasteiger partial charge >= 0.3 is 6.18 Å². The average molecular weight is 372 g/mol. The predicted octanol–water partition coefficient (Wildman–Crippen LogP) is 4.24. The number of unbranched alkanes of at least 4 members (excludes halogenated alkanes) is 1. The van der Waals surface area contributed by atoms with Crippen LogP contribution in [0.15, 0.2) is 24.3 Å². The minimum absolute atomic E-state index is 0.0375. The van der Waals surface area contributed by atoms with Crippen LogP contribution in [0.25, 0.3) is 0 Å². The molecule has 146 valence electrons. The van der Waals surface area contributed by atoms with E-state index >= 15 is 0 Å². The summed E-state index contributed by atoms with van der Waals surface area (Å²) < 4.78 is 45.9. The molecule has 1 saturated heterocycles. The Morgan fingerprint density at radius 3 is 2.38 bits per heavy atom. The summed E-state index contributed by atoms with van der Waals surface area (Å²) in [5, 5.41) is 1.09. The van der Waals surface area contributed by atoms with Crippen LogP contribution in [-0.2, 0) is 11.2 Å². The van der Waals surface area contributed by atoms with Crippen LogP contribution in [0.3, 0.4) is 0 Å². The molecule has 1 aliphatic rings. The SMILES string of the molecule is CCOc1ccc(CCCCC(N2NC(=O)CC2(C)C)C(F)(F)F)cc1. The van der Waals surface area contributed by atoms with Crippen molar-refractivity contribution in [3.63, 3.8) is 0 Å². The van der Waals surface area contributed by atoms with Gasteiger partial charge in [0, 0.05) is 12.0 Å². The number of benzene rings is 1. The van der Waals surface area contributed by atoms with Crippen LogP contribution in [0.2, 0.25) is 0 Å². The van der Waals surface area contributed by atoms with Crippen molar-refractivity contribution < 1.29 is 22.7 Å². The molecule has 1 aromatic rings. The number of amides is 1. The number of aryl methyl sites for hydroxylation is 1.